The first-order valence-corrected chi connectivity index (χ1v) is 13.0. The van der Waals surface area contributed by atoms with Gasteiger partial charge >= 0.3 is 12.3 Å². The van der Waals surface area contributed by atoms with Crippen LogP contribution in [0.15, 0.2) is 66.7 Å². The summed E-state index contributed by atoms with van der Waals surface area (Å²) in [5.41, 5.74) is 4.30. The lowest BCUT2D eigenvalue weighted by atomic mass is 9.98. The molecule has 2 aliphatic rings. The highest BCUT2D eigenvalue weighted by Gasteiger charge is 2.43. The van der Waals surface area contributed by atoms with Crippen molar-refractivity contribution in [2.45, 2.75) is 38.6 Å². The summed E-state index contributed by atoms with van der Waals surface area (Å²) in [6.07, 6.45) is -0.0931. The van der Waals surface area contributed by atoms with E-state index in [-0.39, 0.29) is 29.6 Å². The number of hydrogen-bond donors (Lipinski definition) is 1. The lowest BCUT2D eigenvalue weighted by Gasteiger charge is -2.18. The third-order valence-corrected chi connectivity index (χ3v) is 7.10. The van der Waals surface area contributed by atoms with E-state index in [1.54, 1.807) is 42.1 Å². The number of fused-ring (bicyclic) bond motifs is 2. The van der Waals surface area contributed by atoms with Crippen molar-refractivity contribution >= 4 is 17.6 Å². The van der Waals surface area contributed by atoms with E-state index in [2.05, 4.69) is 9.47 Å². The van der Waals surface area contributed by atoms with E-state index in [9.17, 15) is 18.4 Å². The molecule has 1 aliphatic carbocycles. The Morgan fingerprint density at radius 2 is 1.76 bits per heavy atom. The van der Waals surface area contributed by atoms with Crippen LogP contribution < -0.4 is 19.1 Å². The van der Waals surface area contributed by atoms with Crippen molar-refractivity contribution in [2.75, 3.05) is 11.9 Å². The topological polar surface area (TPSA) is 103 Å². The zero-order chi connectivity index (χ0) is 28.7. The number of carbonyl (C=O) groups excluding carboxylic acids is 1. The van der Waals surface area contributed by atoms with Gasteiger partial charge < -0.3 is 24.2 Å². The molecule has 4 aromatic rings. The normalized spacial score (nSPS) is 14.8. The molecule has 0 radical (unpaired) electrons. The highest BCUT2D eigenvalue weighted by Crippen LogP contribution is 2.43. The van der Waals surface area contributed by atoms with E-state index < -0.39 is 12.3 Å². The van der Waals surface area contributed by atoms with Crippen LogP contribution in [0, 0.1) is 0 Å². The molecule has 9 nitrogen and oxygen atoms in total. The number of anilines is 1. The number of ether oxygens (including phenoxy) is 3. The number of aromatic nitrogens is 2. The molecule has 41 heavy (non-hydrogen) atoms. The zero-order valence-corrected chi connectivity index (χ0v) is 22.0. The van der Waals surface area contributed by atoms with E-state index in [4.69, 9.17) is 14.9 Å². The van der Waals surface area contributed by atoms with Crippen LogP contribution >= 0.6 is 0 Å². The summed E-state index contributed by atoms with van der Waals surface area (Å²) in [6.45, 7) is 0.211. The third kappa shape index (κ3) is 5.18. The Morgan fingerprint density at radius 3 is 2.54 bits per heavy atom. The predicted molar refractivity (Wildman–Crippen MR) is 143 cm³/mol. The average molecular weight is 562 g/mol. The van der Waals surface area contributed by atoms with Crippen molar-refractivity contribution in [1.29, 1.82) is 0 Å². The smallest absolute Gasteiger partial charge is 0.478 e. The number of amides is 1. The maximum atomic E-state index is 13.4. The molecule has 0 saturated carbocycles. The van der Waals surface area contributed by atoms with Crippen molar-refractivity contribution in [1.82, 2.24) is 9.78 Å². The quantitative estimate of drug-likeness (QED) is 0.312. The Balaban J connectivity index is 1.27. The molecule has 0 fully saturated rings. The first-order valence-electron chi connectivity index (χ1n) is 13.0. The predicted octanol–water partition coefficient (Wildman–Crippen LogP) is 5.63. The van der Waals surface area contributed by atoms with Crippen LogP contribution in [-0.4, -0.2) is 40.1 Å². The van der Waals surface area contributed by atoms with Crippen LogP contribution in [0.2, 0.25) is 0 Å². The molecule has 0 saturated heterocycles. The average Bonchev–Trinajstić information content (AvgIpc) is 3.50. The van der Waals surface area contributed by atoms with E-state index in [1.807, 2.05) is 6.07 Å². The van der Waals surface area contributed by atoms with Crippen molar-refractivity contribution in [3.8, 4) is 23.1 Å². The highest BCUT2D eigenvalue weighted by molar-refractivity contribution is 6.06. The van der Waals surface area contributed by atoms with Crippen LogP contribution in [0.3, 0.4) is 0 Å². The zero-order valence-electron chi connectivity index (χ0n) is 22.0. The molecule has 210 valence electrons. The number of carboxylic acids is 1. The van der Waals surface area contributed by atoms with E-state index in [0.717, 1.165) is 42.5 Å². The van der Waals surface area contributed by atoms with Crippen molar-refractivity contribution in [3.05, 3.63) is 94.7 Å². The molecule has 0 spiro atoms. The minimum Gasteiger partial charge on any atom is -0.478 e. The van der Waals surface area contributed by atoms with Gasteiger partial charge in [0.05, 0.1) is 16.9 Å². The molecule has 3 aromatic carbocycles. The highest BCUT2D eigenvalue weighted by atomic mass is 19.3. The molecular formula is C30H25F2N3O6. The van der Waals surface area contributed by atoms with Gasteiger partial charge in [0, 0.05) is 29.9 Å². The summed E-state index contributed by atoms with van der Waals surface area (Å²) in [5, 5.41) is 14.0. The Labute approximate surface area is 233 Å². The lowest BCUT2D eigenvalue weighted by Crippen LogP contribution is -2.26. The van der Waals surface area contributed by atoms with Gasteiger partial charge in [0.25, 0.3) is 5.91 Å². The molecule has 0 bridgehead atoms. The Bertz CT molecular complexity index is 1650. The van der Waals surface area contributed by atoms with Gasteiger partial charge in [-0.2, -0.15) is 5.10 Å². The standard InChI is InChI=1S/C30H25F2N3O6/c1-34(21-13-14-25-26(16-21)41-30(31,32)40-25)27(36)20-5-4-6-22(15-20)35-28(23-7-2-3-8-24(23)33-35)39-17-18-9-11-19(12-10-18)29(37)38/h4-6,9-16H,2-3,7-8,17H2,1H3,(H,37,38). The van der Waals surface area contributed by atoms with Gasteiger partial charge in [0.1, 0.15) is 6.61 Å². The lowest BCUT2D eigenvalue weighted by molar-refractivity contribution is -0.286. The fourth-order valence-corrected chi connectivity index (χ4v) is 4.97. The monoisotopic (exact) mass is 561 g/mol. The fraction of sp³-hybridized carbons (Fsp3) is 0.233. The molecule has 1 aromatic heterocycles. The van der Waals surface area contributed by atoms with Crippen molar-refractivity contribution in [3.63, 3.8) is 0 Å². The SMILES string of the molecule is CN(C(=O)c1cccc(-n2nc3c(c2OCc2ccc(C(=O)O)cc2)CCCC3)c1)c1ccc2c(c1)OC(F)(F)O2. The molecule has 1 aliphatic heterocycles. The molecule has 6 rings (SSSR count). The molecule has 11 heteroatoms. The molecular weight excluding hydrogens is 536 g/mol. The minimum atomic E-state index is -3.75. The van der Waals surface area contributed by atoms with Gasteiger partial charge in [-0.25, -0.2) is 9.48 Å². The molecule has 2 heterocycles. The Hall–Kier alpha value is -4.93. The van der Waals surface area contributed by atoms with Crippen LogP contribution in [0.5, 0.6) is 17.4 Å². The van der Waals surface area contributed by atoms with Crippen molar-refractivity contribution in [2.24, 2.45) is 0 Å². The first kappa shape index (κ1) is 26.3. The van der Waals surface area contributed by atoms with E-state index in [0.29, 0.717) is 22.8 Å². The van der Waals surface area contributed by atoms with E-state index in [1.165, 1.54) is 35.2 Å². The summed E-state index contributed by atoms with van der Waals surface area (Å²) in [4.78, 5) is 25.9. The largest absolute Gasteiger partial charge is 0.586 e. The molecule has 1 amide bonds. The Kier molecular flexibility index (Phi) is 6.56. The number of alkyl halides is 2. The number of carbonyl (C=O) groups is 2. The van der Waals surface area contributed by atoms with Crippen LogP contribution in [0.1, 0.15) is 50.4 Å². The van der Waals surface area contributed by atoms with Gasteiger partial charge in [-0.15, -0.1) is 8.78 Å². The van der Waals surface area contributed by atoms with Crippen LogP contribution in [0.25, 0.3) is 5.69 Å². The number of carboxylic acid groups (broad SMARTS) is 1. The van der Waals surface area contributed by atoms with Gasteiger partial charge in [-0.3, -0.25) is 4.79 Å². The summed E-state index contributed by atoms with van der Waals surface area (Å²) < 4.78 is 43.8. The minimum absolute atomic E-state index is 0.102. The number of nitrogens with zero attached hydrogens (tertiary/aromatic N) is 3. The number of benzene rings is 3. The number of hydrogen-bond acceptors (Lipinski definition) is 6. The van der Waals surface area contributed by atoms with Crippen LogP contribution in [-0.2, 0) is 19.4 Å². The summed E-state index contributed by atoms with van der Waals surface area (Å²) >= 11 is 0. The summed E-state index contributed by atoms with van der Waals surface area (Å²) in [6, 6.07) is 17.6. The van der Waals surface area contributed by atoms with Gasteiger partial charge in [-0.05, 0) is 73.7 Å². The third-order valence-electron chi connectivity index (χ3n) is 7.10. The summed E-state index contributed by atoms with van der Waals surface area (Å²) in [7, 11) is 1.54. The number of aromatic carboxylic acids is 1. The van der Waals surface area contributed by atoms with Gasteiger partial charge in [0.15, 0.2) is 11.5 Å². The van der Waals surface area contributed by atoms with Gasteiger partial charge in [-0.1, -0.05) is 18.2 Å². The van der Waals surface area contributed by atoms with Gasteiger partial charge in [0.2, 0.25) is 5.88 Å². The van der Waals surface area contributed by atoms with E-state index >= 15 is 0 Å². The number of aryl methyl sites for hydroxylation is 1. The second kappa shape index (κ2) is 10.2. The van der Waals surface area contributed by atoms with Crippen molar-refractivity contribution < 1.29 is 37.7 Å². The second-order valence-electron chi connectivity index (χ2n) is 9.85. The van der Waals surface area contributed by atoms with Crippen LogP contribution in [0.4, 0.5) is 14.5 Å². The second-order valence-corrected chi connectivity index (χ2v) is 9.85. The Morgan fingerprint density at radius 1 is 1.00 bits per heavy atom. The number of halogens is 2. The number of rotatable bonds is 7. The molecule has 0 unspecified atom stereocenters. The molecule has 0 atom stereocenters. The first-order chi connectivity index (χ1) is 19.7. The maximum Gasteiger partial charge on any atom is 0.586 e. The fourth-order valence-electron chi connectivity index (χ4n) is 4.97. The summed E-state index contributed by atoms with van der Waals surface area (Å²) in [5.74, 6) is -1.03. The molecule has 1 N–H and O–H groups in total. The maximum absolute atomic E-state index is 13.4.